The minimum Gasteiger partial charge on any atom is -0.460 e. The van der Waals surface area contributed by atoms with Crippen molar-refractivity contribution in [2.75, 3.05) is 0 Å². The van der Waals surface area contributed by atoms with Crippen LogP contribution in [0.5, 0.6) is 0 Å². The van der Waals surface area contributed by atoms with Crippen LogP contribution in [0.4, 0.5) is 0 Å². The van der Waals surface area contributed by atoms with Crippen molar-refractivity contribution in [1.29, 1.82) is 0 Å². The van der Waals surface area contributed by atoms with Gasteiger partial charge in [0.15, 0.2) is 0 Å². The van der Waals surface area contributed by atoms with E-state index in [9.17, 15) is 9.59 Å². The van der Waals surface area contributed by atoms with E-state index < -0.39 is 11.2 Å². The standard InChI is InChI=1S/C34H66O4/c1-29(2,3)23-31(7,8)25-33(11,12)37-27(35)21-19-17-15-16-18-20-22-28(36)38-34(13,14)26-32(9,10)24-30(4,5)6/h15-26H2,1-14H3. The maximum absolute atomic E-state index is 12.4. The van der Waals surface area contributed by atoms with Gasteiger partial charge in [-0.25, -0.2) is 0 Å². The molecule has 0 spiro atoms. The lowest BCUT2D eigenvalue weighted by Crippen LogP contribution is -2.35. The monoisotopic (exact) mass is 538 g/mol. The Bertz CT molecular complexity index is 652. The molecule has 0 aliphatic carbocycles. The average Bonchev–Trinajstić information content (AvgIpc) is 2.56. The van der Waals surface area contributed by atoms with Crippen LogP contribution in [0.1, 0.15) is 174 Å². The summed E-state index contributed by atoms with van der Waals surface area (Å²) in [6.07, 6.45) is 10.8. The number of hydrogen-bond donors (Lipinski definition) is 0. The first-order valence-electron chi connectivity index (χ1n) is 15.3. The molecule has 0 rings (SSSR count). The zero-order valence-corrected chi connectivity index (χ0v) is 28.1. The molecular weight excluding hydrogens is 472 g/mol. The lowest BCUT2D eigenvalue weighted by molar-refractivity contribution is -0.160. The summed E-state index contributed by atoms with van der Waals surface area (Å²) in [7, 11) is 0. The molecular formula is C34H66O4. The molecule has 0 amide bonds. The number of hydrogen-bond acceptors (Lipinski definition) is 4. The fourth-order valence-electron chi connectivity index (χ4n) is 7.34. The Hall–Kier alpha value is -1.06. The highest BCUT2D eigenvalue weighted by Crippen LogP contribution is 2.41. The molecule has 0 N–H and O–H groups in total. The molecule has 0 aliphatic rings. The molecule has 0 saturated heterocycles. The van der Waals surface area contributed by atoms with E-state index in [-0.39, 0.29) is 33.6 Å². The zero-order valence-electron chi connectivity index (χ0n) is 28.1. The molecule has 0 saturated carbocycles. The molecule has 226 valence electrons. The van der Waals surface area contributed by atoms with Crippen molar-refractivity contribution < 1.29 is 19.1 Å². The summed E-state index contributed by atoms with van der Waals surface area (Å²) in [6.45, 7) is 30.8. The summed E-state index contributed by atoms with van der Waals surface area (Å²) >= 11 is 0. The van der Waals surface area contributed by atoms with E-state index in [2.05, 4.69) is 69.2 Å². The third-order valence-corrected chi connectivity index (χ3v) is 6.62. The zero-order chi connectivity index (χ0) is 30.1. The fraction of sp³-hybridized carbons (Fsp3) is 0.941. The highest BCUT2D eigenvalue weighted by molar-refractivity contribution is 5.70. The molecule has 0 aromatic rings. The highest BCUT2D eigenvalue weighted by atomic mass is 16.6. The second kappa shape index (κ2) is 14.5. The Labute approximate surface area is 237 Å². The number of carbonyl (C=O) groups is 2. The molecule has 0 radical (unpaired) electrons. The van der Waals surface area contributed by atoms with Gasteiger partial charge in [0.1, 0.15) is 11.2 Å². The Balaban J connectivity index is 4.14. The second-order valence-corrected chi connectivity index (χ2v) is 17.2. The molecule has 4 heteroatoms. The predicted molar refractivity (Wildman–Crippen MR) is 162 cm³/mol. The van der Waals surface area contributed by atoms with Crippen LogP contribution >= 0.6 is 0 Å². The van der Waals surface area contributed by atoms with Crippen molar-refractivity contribution in [2.24, 2.45) is 21.7 Å². The third-order valence-electron chi connectivity index (χ3n) is 6.62. The van der Waals surface area contributed by atoms with Crippen LogP contribution in [0.15, 0.2) is 0 Å². The molecule has 38 heavy (non-hydrogen) atoms. The van der Waals surface area contributed by atoms with Gasteiger partial charge in [-0.05, 0) is 87.9 Å². The number of ether oxygens (including phenoxy) is 2. The van der Waals surface area contributed by atoms with Gasteiger partial charge in [0, 0.05) is 12.8 Å². The summed E-state index contributed by atoms with van der Waals surface area (Å²) in [6, 6.07) is 0. The van der Waals surface area contributed by atoms with Gasteiger partial charge in [-0.1, -0.05) is 94.9 Å². The number of carbonyl (C=O) groups excluding carboxylic acids is 2. The van der Waals surface area contributed by atoms with Crippen molar-refractivity contribution in [3.8, 4) is 0 Å². The summed E-state index contributed by atoms with van der Waals surface area (Å²) in [5, 5.41) is 0. The van der Waals surface area contributed by atoms with Gasteiger partial charge in [-0.2, -0.15) is 0 Å². The van der Waals surface area contributed by atoms with Crippen LogP contribution in [0, 0.1) is 21.7 Å². The van der Waals surface area contributed by atoms with Crippen LogP contribution in [-0.4, -0.2) is 23.1 Å². The molecule has 4 nitrogen and oxygen atoms in total. The maximum Gasteiger partial charge on any atom is 0.306 e. The quantitative estimate of drug-likeness (QED) is 0.136. The van der Waals surface area contributed by atoms with Gasteiger partial charge in [0.25, 0.3) is 0 Å². The first kappa shape index (κ1) is 36.9. The van der Waals surface area contributed by atoms with Crippen molar-refractivity contribution >= 4 is 11.9 Å². The van der Waals surface area contributed by atoms with Gasteiger partial charge in [-0.15, -0.1) is 0 Å². The molecule has 0 aliphatic heterocycles. The van der Waals surface area contributed by atoms with E-state index in [1.165, 1.54) is 0 Å². The molecule has 0 aromatic carbocycles. The van der Waals surface area contributed by atoms with Gasteiger partial charge >= 0.3 is 11.9 Å². The molecule has 0 heterocycles. The summed E-state index contributed by atoms with van der Waals surface area (Å²) in [4.78, 5) is 24.9. The van der Waals surface area contributed by atoms with E-state index in [1.807, 2.05) is 27.7 Å². The number of esters is 2. The Morgan fingerprint density at radius 3 is 0.947 bits per heavy atom. The Morgan fingerprint density at radius 1 is 0.421 bits per heavy atom. The van der Waals surface area contributed by atoms with Crippen molar-refractivity contribution in [3.63, 3.8) is 0 Å². The SMILES string of the molecule is CC(C)(C)CC(C)(C)CC(C)(C)OC(=O)CCCCCCCCC(=O)OC(C)(C)CC(C)(C)CC(C)(C)C. The molecule has 0 unspecified atom stereocenters. The van der Waals surface area contributed by atoms with E-state index >= 15 is 0 Å². The third kappa shape index (κ3) is 20.8. The lowest BCUT2D eigenvalue weighted by Gasteiger charge is -2.38. The van der Waals surface area contributed by atoms with Crippen molar-refractivity contribution in [1.82, 2.24) is 0 Å². The largest absolute Gasteiger partial charge is 0.460 e. The molecule has 0 fully saturated rings. The summed E-state index contributed by atoms with van der Waals surface area (Å²) < 4.78 is 11.7. The average molecular weight is 539 g/mol. The van der Waals surface area contributed by atoms with E-state index in [1.54, 1.807) is 0 Å². The summed E-state index contributed by atoms with van der Waals surface area (Å²) in [5.41, 5.74) is -0.151. The van der Waals surface area contributed by atoms with Crippen LogP contribution in [0.2, 0.25) is 0 Å². The summed E-state index contributed by atoms with van der Waals surface area (Å²) in [5.74, 6) is -0.171. The van der Waals surface area contributed by atoms with Crippen LogP contribution < -0.4 is 0 Å². The maximum atomic E-state index is 12.4. The Morgan fingerprint density at radius 2 is 0.684 bits per heavy atom. The first-order chi connectivity index (χ1) is 16.8. The van der Waals surface area contributed by atoms with Gasteiger partial charge in [0.2, 0.25) is 0 Å². The second-order valence-electron chi connectivity index (χ2n) is 17.2. The van der Waals surface area contributed by atoms with Gasteiger partial charge < -0.3 is 9.47 Å². The molecule has 0 bridgehead atoms. The Kier molecular flexibility index (Phi) is 14.1. The number of rotatable bonds is 17. The van der Waals surface area contributed by atoms with Gasteiger partial charge in [-0.3, -0.25) is 9.59 Å². The van der Waals surface area contributed by atoms with Crippen molar-refractivity contribution in [2.45, 2.75) is 185 Å². The molecule has 0 aromatic heterocycles. The van der Waals surface area contributed by atoms with Crippen molar-refractivity contribution in [3.05, 3.63) is 0 Å². The molecule has 0 atom stereocenters. The van der Waals surface area contributed by atoms with Gasteiger partial charge in [0.05, 0.1) is 0 Å². The van der Waals surface area contributed by atoms with E-state index in [0.29, 0.717) is 12.8 Å². The fourth-order valence-corrected chi connectivity index (χ4v) is 7.34. The topological polar surface area (TPSA) is 52.6 Å². The normalized spacial score (nSPS) is 13.9. The highest BCUT2D eigenvalue weighted by Gasteiger charge is 2.35. The van der Waals surface area contributed by atoms with Crippen LogP contribution in [0.25, 0.3) is 0 Å². The van der Waals surface area contributed by atoms with E-state index in [0.717, 1.165) is 64.2 Å². The van der Waals surface area contributed by atoms with Crippen LogP contribution in [0.3, 0.4) is 0 Å². The minimum atomic E-state index is -0.447. The minimum absolute atomic E-state index is 0.0856. The van der Waals surface area contributed by atoms with Crippen LogP contribution in [-0.2, 0) is 19.1 Å². The predicted octanol–water partition coefficient (Wildman–Crippen LogP) is 10.5. The number of unbranched alkanes of at least 4 members (excludes halogenated alkanes) is 5. The first-order valence-corrected chi connectivity index (χ1v) is 15.3. The van der Waals surface area contributed by atoms with E-state index in [4.69, 9.17) is 9.47 Å². The smallest absolute Gasteiger partial charge is 0.306 e. The lowest BCUT2D eigenvalue weighted by atomic mass is 9.71.